The van der Waals surface area contributed by atoms with E-state index in [-0.39, 0.29) is 5.54 Å². The summed E-state index contributed by atoms with van der Waals surface area (Å²) >= 11 is 3.45. The molecule has 1 aliphatic rings. The topological polar surface area (TPSA) is 41.3 Å². The van der Waals surface area contributed by atoms with E-state index >= 15 is 0 Å². The lowest BCUT2D eigenvalue weighted by Crippen LogP contribution is -2.44. The molecule has 1 aliphatic heterocycles. The molecule has 0 bridgehead atoms. The molecule has 0 aromatic heterocycles. The van der Waals surface area contributed by atoms with Crippen LogP contribution < -0.4 is 16.0 Å². The van der Waals surface area contributed by atoms with Crippen LogP contribution in [0.4, 0.5) is 11.4 Å². The van der Waals surface area contributed by atoms with Crippen molar-refractivity contribution in [2.75, 3.05) is 16.8 Å². The molecule has 1 aromatic carbocycles. The fourth-order valence-corrected chi connectivity index (χ4v) is 2.02. The van der Waals surface area contributed by atoms with Gasteiger partial charge in [0.05, 0.1) is 11.4 Å². The normalized spacial score (nSPS) is 15.1. The fraction of sp³-hybridized carbons (Fsp3) is 0.364. The predicted octanol–water partition coefficient (Wildman–Crippen LogP) is 2.54. The van der Waals surface area contributed by atoms with Gasteiger partial charge in [-0.05, 0) is 32.0 Å². The third-order valence-electron chi connectivity index (χ3n) is 2.22. The number of benzene rings is 1. The average molecular weight is 269 g/mol. The zero-order chi connectivity index (χ0) is 11.1. The van der Waals surface area contributed by atoms with E-state index in [4.69, 9.17) is 5.73 Å². The van der Waals surface area contributed by atoms with Gasteiger partial charge in [0.2, 0.25) is 0 Å². The highest BCUT2D eigenvalue weighted by Crippen LogP contribution is 2.35. The minimum absolute atomic E-state index is 0.202. The van der Waals surface area contributed by atoms with Gasteiger partial charge < -0.3 is 16.0 Å². The maximum atomic E-state index is 6.00. The van der Waals surface area contributed by atoms with Crippen molar-refractivity contribution in [3.05, 3.63) is 29.3 Å². The maximum Gasteiger partial charge on any atom is 0.139 e. The molecule has 4 heteroatoms. The van der Waals surface area contributed by atoms with Crippen LogP contribution in [-0.2, 0) is 0 Å². The van der Waals surface area contributed by atoms with Crippen molar-refractivity contribution in [1.29, 1.82) is 0 Å². The summed E-state index contributed by atoms with van der Waals surface area (Å²) in [5, 5.41) is 3.23. The third kappa shape index (κ3) is 2.44. The number of hydrogen-bond donors (Lipinski definition) is 2. The number of hydrogen-bond acceptors (Lipinski definition) is 3. The second kappa shape index (κ2) is 3.68. The Bertz CT molecular complexity index is 371. The van der Waals surface area contributed by atoms with Gasteiger partial charge in [0, 0.05) is 16.6 Å². The van der Waals surface area contributed by atoms with Crippen molar-refractivity contribution < 1.29 is 0 Å². The van der Waals surface area contributed by atoms with Crippen molar-refractivity contribution in [3.8, 4) is 0 Å². The molecule has 0 atom stereocenters. The minimum atomic E-state index is -0.202. The number of nitrogens with zero attached hydrogens (tertiary/aromatic N) is 1. The number of fused-ring (bicyclic) bond motifs is 1. The van der Waals surface area contributed by atoms with Crippen LogP contribution in [0.15, 0.2) is 22.7 Å². The Hall–Kier alpha value is -0.740. The summed E-state index contributed by atoms with van der Waals surface area (Å²) in [5.41, 5.74) is 8.10. The zero-order valence-corrected chi connectivity index (χ0v) is 10.5. The molecule has 0 saturated carbocycles. The molecule has 1 aromatic rings. The molecule has 2 rings (SSSR count). The summed E-state index contributed by atoms with van der Waals surface area (Å²) in [7, 11) is 0. The number of anilines is 2. The SMILES string of the molecule is CC(C)(N)CN1[CH]Nc2cc(Br)ccc21. The van der Waals surface area contributed by atoms with Crippen LogP contribution in [-0.4, -0.2) is 12.1 Å². The highest BCUT2D eigenvalue weighted by Gasteiger charge is 2.23. The predicted molar refractivity (Wildman–Crippen MR) is 67.7 cm³/mol. The number of nitrogens with two attached hydrogens (primary N) is 1. The van der Waals surface area contributed by atoms with E-state index in [1.165, 1.54) is 5.69 Å². The van der Waals surface area contributed by atoms with E-state index in [0.717, 1.165) is 16.7 Å². The standard InChI is InChI=1S/C11H15BrN3/c1-11(2,13)6-15-7-14-9-5-8(12)3-4-10(9)15/h3-5,7,14H,6,13H2,1-2H3. The minimum Gasteiger partial charge on any atom is -0.360 e. The number of halogens is 1. The third-order valence-corrected chi connectivity index (χ3v) is 2.72. The quantitative estimate of drug-likeness (QED) is 0.866. The van der Waals surface area contributed by atoms with E-state index in [9.17, 15) is 0 Å². The van der Waals surface area contributed by atoms with Gasteiger partial charge in [0.15, 0.2) is 0 Å². The van der Waals surface area contributed by atoms with Crippen LogP contribution in [0.5, 0.6) is 0 Å². The molecule has 0 spiro atoms. The summed E-state index contributed by atoms with van der Waals surface area (Å²) in [6, 6.07) is 6.19. The Labute approximate surface area is 98.8 Å². The Morgan fingerprint density at radius 2 is 2.20 bits per heavy atom. The lowest BCUT2D eigenvalue weighted by Gasteiger charge is -2.27. The summed E-state index contributed by atoms with van der Waals surface area (Å²) in [4.78, 5) is 2.14. The smallest absolute Gasteiger partial charge is 0.139 e. The first-order valence-electron chi connectivity index (χ1n) is 4.91. The van der Waals surface area contributed by atoms with Gasteiger partial charge in [-0.15, -0.1) is 0 Å². The van der Waals surface area contributed by atoms with Gasteiger partial charge >= 0.3 is 0 Å². The molecular formula is C11H15BrN3. The first kappa shape index (κ1) is 10.8. The van der Waals surface area contributed by atoms with Crippen LogP contribution >= 0.6 is 15.9 Å². The van der Waals surface area contributed by atoms with Crippen molar-refractivity contribution >= 4 is 27.3 Å². The molecule has 0 saturated heterocycles. The van der Waals surface area contributed by atoms with E-state index in [2.05, 4.69) is 38.3 Å². The van der Waals surface area contributed by atoms with Gasteiger partial charge in [0.25, 0.3) is 0 Å². The van der Waals surface area contributed by atoms with Crippen LogP contribution in [0.2, 0.25) is 0 Å². The van der Waals surface area contributed by atoms with E-state index in [1.54, 1.807) is 0 Å². The van der Waals surface area contributed by atoms with Gasteiger partial charge in [-0.1, -0.05) is 15.9 Å². The fourth-order valence-electron chi connectivity index (χ4n) is 1.66. The molecule has 3 nitrogen and oxygen atoms in total. The summed E-state index contributed by atoms with van der Waals surface area (Å²) in [6.45, 7) is 6.82. The van der Waals surface area contributed by atoms with Gasteiger partial charge in [-0.25, -0.2) is 0 Å². The molecule has 0 fully saturated rings. The Balaban J connectivity index is 2.22. The van der Waals surface area contributed by atoms with Crippen molar-refractivity contribution in [2.45, 2.75) is 19.4 Å². The summed E-state index contributed by atoms with van der Waals surface area (Å²) in [6.07, 6.45) is 0. The second-order valence-electron chi connectivity index (χ2n) is 4.55. The molecule has 0 amide bonds. The maximum absolute atomic E-state index is 6.00. The molecule has 1 heterocycles. The van der Waals surface area contributed by atoms with Crippen molar-refractivity contribution in [2.24, 2.45) is 5.73 Å². The zero-order valence-electron chi connectivity index (χ0n) is 8.92. The van der Waals surface area contributed by atoms with E-state index in [1.807, 2.05) is 26.6 Å². The molecule has 3 N–H and O–H groups in total. The second-order valence-corrected chi connectivity index (χ2v) is 5.47. The molecule has 0 unspecified atom stereocenters. The summed E-state index contributed by atoms with van der Waals surface area (Å²) in [5.74, 6) is 0. The first-order chi connectivity index (χ1) is 6.96. The molecule has 0 aliphatic carbocycles. The van der Waals surface area contributed by atoms with E-state index in [0.29, 0.717) is 0 Å². The molecule has 1 radical (unpaired) electrons. The summed E-state index contributed by atoms with van der Waals surface area (Å²) < 4.78 is 1.08. The first-order valence-corrected chi connectivity index (χ1v) is 5.70. The Morgan fingerprint density at radius 3 is 2.87 bits per heavy atom. The average Bonchev–Trinajstić information content (AvgIpc) is 2.45. The van der Waals surface area contributed by atoms with Crippen molar-refractivity contribution in [1.82, 2.24) is 0 Å². The van der Waals surface area contributed by atoms with Crippen LogP contribution in [0.1, 0.15) is 13.8 Å². The van der Waals surface area contributed by atoms with E-state index < -0.39 is 0 Å². The highest BCUT2D eigenvalue weighted by molar-refractivity contribution is 9.10. The number of nitrogens with one attached hydrogen (secondary N) is 1. The molecular weight excluding hydrogens is 254 g/mol. The highest BCUT2D eigenvalue weighted by atomic mass is 79.9. The number of rotatable bonds is 2. The molecule has 15 heavy (non-hydrogen) atoms. The van der Waals surface area contributed by atoms with Crippen molar-refractivity contribution in [3.63, 3.8) is 0 Å². The van der Waals surface area contributed by atoms with Crippen LogP contribution in [0.3, 0.4) is 0 Å². The lowest BCUT2D eigenvalue weighted by molar-refractivity contribution is 0.522. The van der Waals surface area contributed by atoms with Gasteiger partial charge in [-0.2, -0.15) is 0 Å². The van der Waals surface area contributed by atoms with Crippen LogP contribution in [0, 0.1) is 6.67 Å². The Morgan fingerprint density at radius 1 is 1.47 bits per heavy atom. The largest absolute Gasteiger partial charge is 0.360 e. The monoisotopic (exact) mass is 268 g/mol. The van der Waals surface area contributed by atoms with Gasteiger partial charge in [0.1, 0.15) is 6.67 Å². The Kier molecular flexibility index (Phi) is 2.64. The van der Waals surface area contributed by atoms with Gasteiger partial charge in [-0.3, -0.25) is 0 Å². The molecule has 81 valence electrons. The lowest BCUT2D eigenvalue weighted by atomic mass is 10.1. The van der Waals surface area contributed by atoms with Crippen LogP contribution in [0.25, 0.3) is 0 Å².